The number of alkyl carbamates (subject to hydrolysis) is 4. The minimum absolute atomic E-state index is 0.0178. The quantitative estimate of drug-likeness (QED) is 0.0792. The molecule has 422 valence electrons. The molecule has 3 rings (SSSR count). The number of nitrogens with one attached hydrogen (secondary N) is 8. The molecule has 1 heterocycles. The molecule has 0 spiro atoms. The van der Waals surface area contributed by atoms with E-state index in [0.29, 0.717) is 22.3 Å². The minimum Gasteiger partial charge on any atom is -0.508 e. The first-order chi connectivity index (χ1) is 35.2. The molecule has 2 aromatic rings. The van der Waals surface area contributed by atoms with Crippen LogP contribution in [0.25, 0.3) is 11.1 Å². The number of rotatable bonds is 17. The van der Waals surface area contributed by atoms with Crippen LogP contribution in [-0.4, -0.2) is 150 Å². The van der Waals surface area contributed by atoms with Crippen LogP contribution in [0.3, 0.4) is 0 Å². The molecule has 23 nitrogen and oxygen atoms in total. The molecule has 23 heteroatoms. The lowest BCUT2D eigenvalue weighted by atomic mass is 9.95. The van der Waals surface area contributed by atoms with Crippen molar-refractivity contribution in [1.82, 2.24) is 47.4 Å². The highest BCUT2D eigenvalue weighted by molar-refractivity contribution is 5.95. The first-order valence-corrected chi connectivity index (χ1v) is 25.4. The molecule has 1 aliphatic rings. The summed E-state index contributed by atoms with van der Waals surface area (Å²) < 4.78 is 21.4. The second kappa shape index (κ2) is 28.0. The van der Waals surface area contributed by atoms with E-state index >= 15 is 0 Å². The van der Waals surface area contributed by atoms with Crippen molar-refractivity contribution in [2.75, 3.05) is 39.8 Å². The van der Waals surface area contributed by atoms with Crippen molar-refractivity contribution in [1.29, 1.82) is 0 Å². The summed E-state index contributed by atoms with van der Waals surface area (Å²) >= 11 is 0. The van der Waals surface area contributed by atoms with Crippen molar-refractivity contribution < 1.29 is 67.2 Å². The van der Waals surface area contributed by atoms with E-state index in [0.717, 1.165) is 0 Å². The number of carbonyl (C=O) groups is 9. The zero-order chi connectivity index (χ0) is 57.2. The lowest BCUT2D eigenvalue weighted by Gasteiger charge is -2.32. The average molecular weight is 1070 g/mol. The van der Waals surface area contributed by atoms with E-state index in [4.69, 9.17) is 18.9 Å². The van der Waals surface area contributed by atoms with Gasteiger partial charge in [0.15, 0.2) is 0 Å². The number of aromatic hydroxyl groups is 1. The Hall–Kier alpha value is -7.33. The van der Waals surface area contributed by atoms with Gasteiger partial charge >= 0.3 is 24.4 Å². The monoisotopic (exact) mass is 1070 g/mol. The Morgan fingerprint density at radius 1 is 0.658 bits per heavy atom. The fourth-order valence-corrected chi connectivity index (χ4v) is 7.44. The minimum atomic E-state index is -1.38. The lowest BCUT2D eigenvalue weighted by Crippen LogP contribution is -2.58. The Labute approximate surface area is 445 Å². The number of hydrogen-bond donors (Lipinski definition) is 9. The van der Waals surface area contributed by atoms with Crippen LogP contribution in [0.4, 0.5) is 19.2 Å². The van der Waals surface area contributed by atoms with Gasteiger partial charge in [-0.2, -0.15) is 0 Å². The van der Waals surface area contributed by atoms with Crippen molar-refractivity contribution in [3.63, 3.8) is 0 Å². The van der Waals surface area contributed by atoms with Crippen molar-refractivity contribution >= 4 is 53.9 Å². The summed E-state index contributed by atoms with van der Waals surface area (Å²) in [7, 11) is 1.39. The van der Waals surface area contributed by atoms with Crippen LogP contribution in [0.2, 0.25) is 0 Å². The summed E-state index contributed by atoms with van der Waals surface area (Å²) in [5, 5.41) is 32.1. The van der Waals surface area contributed by atoms with Gasteiger partial charge in [-0.25, -0.2) is 19.2 Å². The van der Waals surface area contributed by atoms with Gasteiger partial charge in [-0.3, -0.25) is 24.0 Å². The summed E-state index contributed by atoms with van der Waals surface area (Å²) in [6, 6.07) is 6.90. The van der Waals surface area contributed by atoms with E-state index in [9.17, 15) is 48.3 Å². The number of fused-ring (bicyclic) bond motifs is 5. The van der Waals surface area contributed by atoms with Gasteiger partial charge in [0, 0.05) is 46.1 Å². The van der Waals surface area contributed by atoms with Crippen LogP contribution in [0, 0.1) is 0 Å². The van der Waals surface area contributed by atoms with Crippen molar-refractivity contribution in [3.8, 4) is 16.9 Å². The van der Waals surface area contributed by atoms with Crippen LogP contribution in [0.5, 0.6) is 5.75 Å². The first-order valence-electron chi connectivity index (χ1n) is 25.4. The van der Waals surface area contributed by atoms with Gasteiger partial charge in [0.25, 0.3) is 0 Å². The molecule has 76 heavy (non-hydrogen) atoms. The van der Waals surface area contributed by atoms with Crippen LogP contribution in [0.1, 0.15) is 120 Å². The lowest BCUT2D eigenvalue weighted by molar-refractivity contribution is -0.142. The number of amides is 9. The largest absolute Gasteiger partial charge is 0.508 e. The molecule has 0 saturated carbocycles. The molecule has 4 bridgehead atoms. The van der Waals surface area contributed by atoms with Gasteiger partial charge in [0.2, 0.25) is 29.5 Å². The summed E-state index contributed by atoms with van der Waals surface area (Å²) in [6.07, 6.45) is -3.06. The molecule has 0 aromatic heterocycles. The highest BCUT2D eigenvalue weighted by atomic mass is 16.6. The first kappa shape index (κ1) is 63.0. The van der Waals surface area contributed by atoms with Crippen LogP contribution >= 0.6 is 0 Å². The number of phenols is 1. The molecule has 0 aliphatic carbocycles. The van der Waals surface area contributed by atoms with Gasteiger partial charge in [-0.05, 0) is 143 Å². The summed E-state index contributed by atoms with van der Waals surface area (Å²) in [5.41, 5.74) is -1.06. The molecular formula is C53H81N9O14. The van der Waals surface area contributed by atoms with E-state index in [-0.39, 0.29) is 70.5 Å². The molecule has 0 radical (unpaired) electrons. The molecular weight excluding hydrogens is 987 g/mol. The Balaban J connectivity index is 1.86. The molecule has 4 atom stereocenters. The van der Waals surface area contributed by atoms with Crippen molar-refractivity contribution in [2.24, 2.45) is 0 Å². The second-order valence-corrected chi connectivity index (χ2v) is 22.4. The van der Waals surface area contributed by atoms with Gasteiger partial charge in [-0.15, -0.1) is 0 Å². The highest BCUT2D eigenvalue weighted by Gasteiger charge is 2.35. The van der Waals surface area contributed by atoms with Gasteiger partial charge in [0.05, 0.1) is 6.54 Å². The van der Waals surface area contributed by atoms with E-state index in [2.05, 4.69) is 42.5 Å². The Bertz CT molecular complexity index is 2370. The molecule has 0 unspecified atom stereocenters. The van der Waals surface area contributed by atoms with Gasteiger partial charge in [-0.1, -0.05) is 30.3 Å². The van der Waals surface area contributed by atoms with Crippen molar-refractivity contribution in [2.45, 2.75) is 168 Å². The predicted octanol–water partition coefficient (Wildman–Crippen LogP) is 4.21. The number of benzene rings is 2. The molecule has 9 amide bonds. The van der Waals surface area contributed by atoms with Gasteiger partial charge < -0.3 is 71.5 Å². The Morgan fingerprint density at radius 2 is 1.21 bits per heavy atom. The van der Waals surface area contributed by atoms with Crippen LogP contribution in [0.15, 0.2) is 42.5 Å². The maximum atomic E-state index is 14.7. The van der Waals surface area contributed by atoms with E-state index in [1.54, 1.807) is 107 Å². The smallest absolute Gasteiger partial charge is 0.408 e. The summed E-state index contributed by atoms with van der Waals surface area (Å²) in [5.74, 6) is -3.56. The standard InChI is InChI=1S/C53H81N9O14/c1-50(2,3)73-46(69)56-24-16-20-37-45(68)62(13)39(28-32-17-14-18-33(27-32)34-21-22-40(63)35(29-34)30-38(43(66)59-37)61-49(72)76-53(10,11)12)44(67)58-31-41(64)54-23-15-19-36(60-48(71)75-52(7,8)9)42(65)55-25-26-57-47(70)74-51(4,5)6/h14,17-18,21-22,27,29,36-39,63H,15-16,19-20,23-26,28,30-31H2,1-13H3,(H,54,64)(H,55,65)(H,56,69)(H,57,70)(H,58,67)(H,59,66)(H,60,71)(H,61,72)/t36-,37-,38-,39-/m0/s1. The summed E-state index contributed by atoms with van der Waals surface area (Å²) in [4.78, 5) is 121. The van der Waals surface area contributed by atoms with E-state index in [1.165, 1.54) is 18.0 Å². The average Bonchev–Trinajstić information content (AvgIpc) is 3.28. The fourth-order valence-electron chi connectivity index (χ4n) is 7.44. The van der Waals surface area contributed by atoms with Crippen LogP contribution < -0.4 is 42.5 Å². The maximum Gasteiger partial charge on any atom is 0.408 e. The third kappa shape index (κ3) is 23.9. The number of carbonyl (C=O) groups excluding carboxylic acids is 9. The molecule has 1 aliphatic heterocycles. The number of ether oxygens (including phenoxy) is 4. The Morgan fingerprint density at radius 3 is 1.83 bits per heavy atom. The third-order valence-corrected chi connectivity index (χ3v) is 10.8. The second-order valence-electron chi connectivity index (χ2n) is 22.4. The number of hydrogen-bond acceptors (Lipinski definition) is 14. The fraction of sp³-hybridized carbons (Fsp3) is 0.604. The van der Waals surface area contributed by atoms with E-state index in [1.807, 2.05) is 12.1 Å². The molecule has 2 aromatic carbocycles. The number of phenolic OH excluding ortho intramolecular Hbond substituents is 1. The molecule has 0 saturated heterocycles. The van der Waals surface area contributed by atoms with Crippen LogP contribution in [-0.2, 0) is 55.8 Å². The van der Waals surface area contributed by atoms with Gasteiger partial charge in [0.1, 0.15) is 52.3 Å². The zero-order valence-electron chi connectivity index (χ0n) is 46.3. The third-order valence-electron chi connectivity index (χ3n) is 10.8. The zero-order valence-corrected chi connectivity index (χ0v) is 46.3. The molecule has 0 fully saturated rings. The predicted molar refractivity (Wildman–Crippen MR) is 282 cm³/mol. The van der Waals surface area contributed by atoms with Crippen molar-refractivity contribution in [3.05, 3.63) is 53.6 Å². The highest BCUT2D eigenvalue weighted by Crippen LogP contribution is 2.29. The topological polar surface area (TPSA) is 310 Å². The normalized spacial score (nSPS) is 16.7. The number of nitrogens with zero attached hydrogens (tertiary/aromatic N) is 1. The van der Waals surface area contributed by atoms with E-state index < -0.39 is 107 Å². The SMILES string of the molecule is CN1C(=O)[C@H](CCCNC(=O)OC(C)(C)C)NC(=O)[C@@H](NC(=O)OC(C)(C)C)Cc2cc(ccc2O)-c2cccc(c2)C[C@H]1C(=O)NCC(=O)NCCC[C@H](NC(=O)OC(C)(C)C)C(=O)NCCNC(=O)OC(C)(C)C. The molecule has 9 N–H and O–H groups in total. The summed E-state index contributed by atoms with van der Waals surface area (Å²) in [6.45, 7) is 19.8. The maximum absolute atomic E-state index is 14.7. The Kier molecular flexibility index (Phi) is 23.2. The number of likely N-dealkylation sites (N-methyl/N-ethyl adjacent to an activating group) is 1.